The number of hydrogen-bond donors (Lipinski definition) is 0. The van der Waals surface area contributed by atoms with Crippen molar-refractivity contribution in [3.63, 3.8) is 0 Å². The summed E-state index contributed by atoms with van der Waals surface area (Å²) in [6.45, 7) is 4.34. The lowest BCUT2D eigenvalue weighted by atomic mass is 10.0. The van der Waals surface area contributed by atoms with Crippen LogP contribution < -0.4 is 4.89 Å². The summed E-state index contributed by atoms with van der Waals surface area (Å²) < 4.78 is 34.5. The molecular weight excluding hydrogens is 1180 g/mol. The molecule has 0 aliphatic carbocycles. The summed E-state index contributed by atoms with van der Waals surface area (Å²) in [5.74, 6) is -0.801. The van der Waals surface area contributed by atoms with Crippen molar-refractivity contribution in [2.45, 2.75) is 469 Å². The van der Waals surface area contributed by atoms with E-state index in [0.717, 1.165) is 32.1 Å². The molecule has 0 radical (unpaired) electrons. The lowest BCUT2D eigenvalue weighted by molar-refractivity contribution is -0.870. The number of quaternary nitrogens is 1. The first kappa shape index (κ1) is 92.8. The zero-order valence-corrected chi connectivity index (χ0v) is 65.1. The molecule has 0 N–H and O–H groups in total. The quantitative estimate of drug-likeness (QED) is 0.0195. The van der Waals surface area contributed by atoms with Gasteiger partial charge in [-0.3, -0.25) is 14.2 Å². The van der Waals surface area contributed by atoms with Crippen molar-refractivity contribution < 1.29 is 42.1 Å². The van der Waals surface area contributed by atoms with E-state index >= 15 is 0 Å². The topological polar surface area (TPSA) is 111 Å². The molecule has 560 valence electrons. The molecule has 0 aliphatic heterocycles. The molecule has 2 unspecified atom stereocenters. The van der Waals surface area contributed by atoms with Crippen LogP contribution in [-0.2, 0) is 32.7 Å². The van der Waals surface area contributed by atoms with Gasteiger partial charge in [0.15, 0.2) is 6.10 Å². The van der Waals surface area contributed by atoms with Gasteiger partial charge in [0.1, 0.15) is 19.8 Å². The highest BCUT2D eigenvalue weighted by molar-refractivity contribution is 7.45. The normalized spacial score (nSPS) is 13.0. The third-order valence-electron chi connectivity index (χ3n) is 19.8. The first-order chi connectivity index (χ1) is 46.0. The van der Waals surface area contributed by atoms with Crippen LogP contribution in [0, 0.1) is 0 Å². The van der Waals surface area contributed by atoms with E-state index in [2.05, 4.69) is 26.0 Å². The van der Waals surface area contributed by atoms with Gasteiger partial charge >= 0.3 is 11.9 Å². The van der Waals surface area contributed by atoms with E-state index in [1.807, 2.05) is 21.1 Å². The Labute approximate surface area is 587 Å². The summed E-state index contributed by atoms with van der Waals surface area (Å²) >= 11 is 0. The van der Waals surface area contributed by atoms with Crippen molar-refractivity contribution in [3.8, 4) is 0 Å². The molecule has 0 aliphatic rings. The van der Waals surface area contributed by atoms with E-state index in [-0.39, 0.29) is 32.0 Å². The van der Waals surface area contributed by atoms with Crippen molar-refractivity contribution in [2.75, 3.05) is 47.5 Å². The van der Waals surface area contributed by atoms with Crippen LogP contribution in [0.15, 0.2) is 12.2 Å². The number of ether oxygens (including phenoxy) is 2. The van der Waals surface area contributed by atoms with E-state index in [1.54, 1.807) is 0 Å². The summed E-state index contributed by atoms with van der Waals surface area (Å²) in [5, 5.41) is 0. The van der Waals surface area contributed by atoms with Crippen LogP contribution in [0.2, 0.25) is 0 Å². The molecule has 0 fully saturated rings. The zero-order chi connectivity index (χ0) is 68.3. The largest absolute Gasteiger partial charge is 0.756 e. The molecule has 0 rings (SSSR count). The highest BCUT2D eigenvalue weighted by Crippen LogP contribution is 2.38. The summed E-state index contributed by atoms with van der Waals surface area (Å²) in [5.41, 5.74) is 0. The molecule has 0 amide bonds. The fourth-order valence-electron chi connectivity index (χ4n) is 13.3. The number of phosphoric acid groups is 1. The molecule has 0 aromatic carbocycles. The number of allylic oxidation sites excluding steroid dienone is 2. The van der Waals surface area contributed by atoms with Gasteiger partial charge in [0, 0.05) is 12.8 Å². The van der Waals surface area contributed by atoms with Crippen LogP contribution in [0.5, 0.6) is 0 Å². The van der Waals surface area contributed by atoms with Crippen LogP contribution in [0.4, 0.5) is 0 Å². The molecule has 0 heterocycles. The molecule has 2 atom stereocenters. The number of carbonyl (C=O) groups is 2. The number of carbonyl (C=O) groups excluding carboxylic acids is 2. The molecule has 0 saturated heterocycles. The van der Waals surface area contributed by atoms with Crippen molar-refractivity contribution in [1.82, 2.24) is 0 Å². The first-order valence-corrected chi connectivity index (χ1v) is 43.9. The standard InChI is InChI=1S/C84H166NO8P/c1-6-8-10-12-14-16-18-20-22-24-26-28-30-32-34-36-38-40-42-44-46-48-50-52-54-56-58-60-62-64-66-68-70-72-74-76-83(86)90-80-82(81-92-94(88,89)91-79-78-85(3,4)5)93-84(87)77-75-73-71-69-67-65-63-61-59-57-55-53-51-49-47-45-43-41-39-37-35-33-31-29-27-25-23-21-19-17-15-13-11-9-7-2/h25,27,82H,6-24,26,28-81H2,1-5H3/b27-25-. The molecule has 10 heteroatoms. The molecule has 0 saturated carbocycles. The maximum absolute atomic E-state index is 12.9. The van der Waals surface area contributed by atoms with Crippen molar-refractivity contribution in [3.05, 3.63) is 12.2 Å². The second-order valence-electron chi connectivity index (χ2n) is 30.6. The predicted octanol–water partition coefficient (Wildman–Crippen LogP) is 27.6. The lowest BCUT2D eigenvalue weighted by Gasteiger charge is -2.28. The molecule has 0 spiro atoms. The summed E-state index contributed by atoms with van der Waals surface area (Å²) in [6, 6.07) is 0. The van der Waals surface area contributed by atoms with E-state index in [0.29, 0.717) is 17.4 Å². The molecular formula is C84H166NO8P. The Kier molecular flexibility index (Phi) is 74.9. The second kappa shape index (κ2) is 75.9. The van der Waals surface area contributed by atoms with E-state index in [4.69, 9.17) is 18.5 Å². The Balaban J connectivity index is 3.86. The van der Waals surface area contributed by atoms with Crippen LogP contribution in [-0.4, -0.2) is 70.0 Å². The van der Waals surface area contributed by atoms with Gasteiger partial charge in [-0.1, -0.05) is 424 Å². The van der Waals surface area contributed by atoms with Crippen molar-refractivity contribution in [1.29, 1.82) is 0 Å². The Bertz CT molecular complexity index is 1590. The van der Waals surface area contributed by atoms with E-state index in [9.17, 15) is 19.0 Å². The Morgan fingerprint density at radius 1 is 0.319 bits per heavy atom. The van der Waals surface area contributed by atoms with Gasteiger partial charge in [-0.15, -0.1) is 0 Å². The van der Waals surface area contributed by atoms with Gasteiger partial charge in [0.25, 0.3) is 7.82 Å². The molecule has 0 bridgehead atoms. The second-order valence-corrected chi connectivity index (χ2v) is 32.0. The summed E-state index contributed by atoms with van der Waals surface area (Å²) in [7, 11) is 1.20. The summed E-state index contributed by atoms with van der Waals surface area (Å²) in [4.78, 5) is 38.2. The molecule has 9 nitrogen and oxygen atoms in total. The predicted molar refractivity (Wildman–Crippen MR) is 407 cm³/mol. The van der Waals surface area contributed by atoms with Gasteiger partial charge in [0.2, 0.25) is 0 Å². The first-order valence-electron chi connectivity index (χ1n) is 42.4. The zero-order valence-electron chi connectivity index (χ0n) is 64.2. The number of unbranched alkanes of at least 4 members (excludes halogenated alkanes) is 65. The molecule has 94 heavy (non-hydrogen) atoms. The lowest BCUT2D eigenvalue weighted by Crippen LogP contribution is -2.37. The Morgan fingerprint density at radius 3 is 0.787 bits per heavy atom. The van der Waals surface area contributed by atoms with Crippen LogP contribution in [0.3, 0.4) is 0 Å². The highest BCUT2D eigenvalue weighted by atomic mass is 31.2. The number of nitrogens with zero attached hydrogens (tertiary/aromatic N) is 1. The Morgan fingerprint density at radius 2 is 0.543 bits per heavy atom. The fraction of sp³-hybridized carbons (Fsp3) is 0.952. The number of rotatable bonds is 81. The number of hydrogen-bond acceptors (Lipinski definition) is 8. The number of phosphoric ester groups is 1. The molecule has 0 aromatic rings. The van der Waals surface area contributed by atoms with E-state index in [1.165, 1.54) is 398 Å². The third-order valence-corrected chi connectivity index (χ3v) is 20.7. The monoisotopic (exact) mass is 1350 g/mol. The average Bonchev–Trinajstić information content (AvgIpc) is 1.68. The van der Waals surface area contributed by atoms with Gasteiger partial charge in [-0.2, -0.15) is 0 Å². The van der Waals surface area contributed by atoms with Crippen molar-refractivity contribution in [2.24, 2.45) is 0 Å². The van der Waals surface area contributed by atoms with Gasteiger partial charge in [-0.25, -0.2) is 0 Å². The smallest absolute Gasteiger partial charge is 0.306 e. The summed E-state index contributed by atoms with van der Waals surface area (Å²) in [6.07, 6.45) is 96.6. The average molecular weight is 1350 g/mol. The van der Waals surface area contributed by atoms with Crippen LogP contribution in [0.1, 0.15) is 463 Å². The number of likely N-dealkylation sites (N-methyl/N-ethyl adjacent to an activating group) is 1. The third kappa shape index (κ3) is 79.7. The maximum Gasteiger partial charge on any atom is 0.306 e. The van der Waals surface area contributed by atoms with Gasteiger partial charge in [0.05, 0.1) is 27.7 Å². The van der Waals surface area contributed by atoms with Crippen LogP contribution in [0.25, 0.3) is 0 Å². The Hall–Kier alpha value is -1.25. The van der Waals surface area contributed by atoms with Crippen molar-refractivity contribution >= 4 is 19.8 Å². The maximum atomic E-state index is 12.9. The van der Waals surface area contributed by atoms with Gasteiger partial charge in [-0.05, 0) is 38.5 Å². The highest BCUT2D eigenvalue weighted by Gasteiger charge is 2.22. The minimum atomic E-state index is -4.64. The minimum Gasteiger partial charge on any atom is -0.756 e. The SMILES string of the molecule is CCCCCCCCCC/C=C\CCCCCCCCCCCCCCCCCCCCCCCCCC(=O)OC(COC(=O)CCCCCCCCCCCCCCCCCCCCCCCCCCCCCCCCCCCCC)COP(=O)([O-])OCC[N+](C)(C)C. The fourth-order valence-corrected chi connectivity index (χ4v) is 14.0. The van der Waals surface area contributed by atoms with Crippen LogP contribution >= 0.6 is 7.82 Å². The van der Waals surface area contributed by atoms with Gasteiger partial charge < -0.3 is 27.9 Å². The van der Waals surface area contributed by atoms with E-state index < -0.39 is 26.5 Å². The molecule has 0 aromatic heterocycles. The number of esters is 2. The minimum absolute atomic E-state index is 0.0254.